The zero-order chi connectivity index (χ0) is 16.7. The highest BCUT2D eigenvalue weighted by Crippen LogP contribution is 2.40. The van der Waals surface area contributed by atoms with E-state index in [1.54, 1.807) is 0 Å². The first kappa shape index (κ1) is 17.8. The van der Waals surface area contributed by atoms with Crippen LogP contribution in [0.3, 0.4) is 0 Å². The molecule has 23 heavy (non-hydrogen) atoms. The molecule has 1 aliphatic carbocycles. The lowest BCUT2D eigenvalue weighted by Crippen LogP contribution is -2.43. The highest BCUT2D eigenvalue weighted by Gasteiger charge is 2.31. The van der Waals surface area contributed by atoms with Gasteiger partial charge in [0.05, 0.1) is 0 Å². The van der Waals surface area contributed by atoms with Crippen molar-refractivity contribution in [1.82, 2.24) is 20.8 Å². The molecule has 130 valence electrons. The maximum absolute atomic E-state index is 5.25. The molecule has 1 saturated carbocycles. The van der Waals surface area contributed by atoms with E-state index in [4.69, 9.17) is 4.52 Å². The van der Waals surface area contributed by atoms with Gasteiger partial charge in [-0.3, -0.25) is 4.99 Å². The molecule has 0 saturated heterocycles. The Labute approximate surface area is 139 Å². The molecular formula is C17H31N5O. The van der Waals surface area contributed by atoms with Crippen LogP contribution in [0.25, 0.3) is 0 Å². The number of nitrogens with one attached hydrogen (secondary N) is 2. The van der Waals surface area contributed by atoms with Gasteiger partial charge in [-0.2, -0.15) is 4.98 Å². The second kappa shape index (κ2) is 8.31. The van der Waals surface area contributed by atoms with E-state index in [9.17, 15) is 0 Å². The van der Waals surface area contributed by atoms with E-state index < -0.39 is 0 Å². The van der Waals surface area contributed by atoms with E-state index in [1.807, 2.05) is 7.05 Å². The van der Waals surface area contributed by atoms with E-state index in [2.05, 4.69) is 46.5 Å². The molecule has 2 rings (SSSR count). The van der Waals surface area contributed by atoms with Crippen LogP contribution in [-0.2, 0) is 6.42 Å². The van der Waals surface area contributed by atoms with E-state index >= 15 is 0 Å². The van der Waals surface area contributed by atoms with Gasteiger partial charge in [0.15, 0.2) is 11.8 Å². The molecule has 0 aromatic carbocycles. The first-order valence-electron chi connectivity index (χ1n) is 8.85. The molecular weight excluding hydrogens is 290 g/mol. The Bertz CT molecular complexity index is 503. The third-order valence-corrected chi connectivity index (χ3v) is 4.90. The van der Waals surface area contributed by atoms with Crippen LogP contribution >= 0.6 is 0 Å². The molecule has 1 heterocycles. The van der Waals surface area contributed by atoms with Gasteiger partial charge in [0.2, 0.25) is 5.89 Å². The minimum atomic E-state index is 0.298. The van der Waals surface area contributed by atoms with Crippen molar-refractivity contribution in [3.8, 4) is 0 Å². The van der Waals surface area contributed by atoms with Crippen molar-refractivity contribution in [2.75, 3.05) is 20.1 Å². The summed E-state index contributed by atoms with van der Waals surface area (Å²) in [4.78, 5) is 8.69. The lowest BCUT2D eigenvalue weighted by atomic mass is 9.83. The molecule has 0 radical (unpaired) electrons. The summed E-state index contributed by atoms with van der Waals surface area (Å²) in [6.45, 7) is 8.15. The van der Waals surface area contributed by atoms with Crippen molar-refractivity contribution in [3.63, 3.8) is 0 Å². The van der Waals surface area contributed by atoms with Gasteiger partial charge in [0, 0.05) is 32.5 Å². The Morgan fingerprint density at radius 3 is 2.61 bits per heavy atom. The molecule has 6 nitrogen and oxygen atoms in total. The highest BCUT2D eigenvalue weighted by atomic mass is 16.5. The second-order valence-corrected chi connectivity index (χ2v) is 6.86. The van der Waals surface area contributed by atoms with Crippen molar-refractivity contribution in [3.05, 3.63) is 11.7 Å². The first-order valence-corrected chi connectivity index (χ1v) is 8.85. The van der Waals surface area contributed by atoms with Gasteiger partial charge in [0.1, 0.15) is 0 Å². The monoisotopic (exact) mass is 321 g/mol. The number of nitrogens with zero attached hydrogens (tertiary/aromatic N) is 3. The third-order valence-electron chi connectivity index (χ3n) is 4.90. The summed E-state index contributed by atoms with van der Waals surface area (Å²) in [5, 5.41) is 10.8. The predicted octanol–water partition coefficient (Wildman–Crippen LogP) is 2.87. The Morgan fingerprint density at radius 1 is 1.30 bits per heavy atom. The van der Waals surface area contributed by atoms with Crippen LogP contribution in [-0.4, -0.2) is 36.2 Å². The smallest absolute Gasteiger partial charge is 0.228 e. The van der Waals surface area contributed by atoms with Crippen LogP contribution in [0.5, 0.6) is 0 Å². The van der Waals surface area contributed by atoms with E-state index in [0.29, 0.717) is 23.6 Å². The summed E-state index contributed by atoms with van der Waals surface area (Å²) in [5.74, 6) is 2.60. The summed E-state index contributed by atoms with van der Waals surface area (Å²) < 4.78 is 5.25. The fourth-order valence-electron chi connectivity index (χ4n) is 3.16. The summed E-state index contributed by atoms with van der Waals surface area (Å²) in [6, 6.07) is 0. The van der Waals surface area contributed by atoms with Gasteiger partial charge >= 0.3 is 0 Å². The molecule has 1 aliphatic rings. The molecule has 0 bridgehead atoms. The summed E-state index contributed by atoms with van der Waals surface area (Å²) in [7, 11) is 1.81. The topological polar surface area (TPSA) is 75.3 Å². The number of aliphatic imine (C=N–C) groups is 1. The van der Waals surface area contributed by atoms with Crippen LogP contribution in [0.1, 0.15) is 70.5 Å². The Balaban J connectivity index is 1.74. The molecule has 1 aromatic heterocycles. The minimum absolute atomic E-state index is 0.298. The van der Waals surface area contributed by atoms with Crippen molar-refractivity contribution in [2.45, 2.75) is 65.2 Å². The number of aromatic nitrogens is 2. The second-order valence-electron chi connectivity index (χ2n) is 6.86. The van der Waals surface area contributed by atoms with Crippen LogP contribution in [0, 0.1) is 5.41 Å². The van der Waals surface area contributed by atoms with Gasteiger partial charge in [-0.1, -0.05) is 38.8 Å². The van der Waals surface area contributed by atoms with Gasteiger partial charge in [-0.05, 0) is 24.7 Å². The van der Waals surface area contributed by atoms with Crippen molar-refractivity contribution in [2.24, 2.45) is 10.4 Å². The maximum atomic E-state index is 5.25. The minimum Gasteiger partial charge on any atom is -0.356 e. The normalized spacial score (nSPS) is 17.7. The van der Waals surface area contributed by atoms with Gasteiger partial charge in [0.25, 0.3) is 0 Å². The average Bonchev–Trinajstić information content (AvgIpc) is 3.20. The van der Waals surface area contributed by atoms with Gasteiger partial charge in [-0.15, -0.1) is 0 Å². The SMILES string of the molecule is CCC1(CNC(=NC)NCCc2nc(C(C)C)no2)CCCC1. The molecule has 6 heteroatoms. The highest BCUT2D eigenvalue weighted by molar-refractivity contribution is 5.79. The zero-order valence-corrected chi connectivity index (χ0v) is 15.0. The molecule has 0 atom stereocenters. The van der Waals surface area contributed by atoms with Crippen LogP contribution < -0.4 is 10.6 Å². The quantitative estimate of drug-likeness (QED) is 0.596. The summed E-state index contributed by atoms with van der Waals surface area (Å²) in [6.07, 6.45) is 7.31. The van der Waals surface area contributed by atoms with E-state index in [-0.39, 0.29) is 0 Å². The molecule has 0 amide bonds. The van der Waals surface area contributed by atoms with E-state index in [1.165, 1.54) is 32.1 Å². The predicted molar refractivity (Wildman–Crippen MR) is 92.6 cm³/mol. The van der Waals surface area contributed by atoms with Gasteiger partial charge in [-0.25, -0.2) is 0 Å². The largest absolute Gasteiger partial charge is 0.356 e. The van der Waals surface area contributed by atoms with Crippen LogP contribution in [0.2, 0.25) is 0 Å². The lowest BCUT2D eigenvalue weighted by Gasteiger charge is -2.28. The van der Waals surface area contributed by atoms with E-state index in [0.717, 1.165) is 24.9 Å². The number of guanidine groups is 1. The Morgan fingerprint density at radius 2 is 2.04 bits per heavy atom. The van der Waals surface area contributed by atoms with Gasteiger partial charge < -0.3 is 15.2 Å². The van der Waals surface area contributed by atoms with Crippen molar-refractivity contribution >= 4 is 5.96 Å². The molecule has 0 unspecified atom stereocenters. The molecule has 1 aromatic rings. The Kier molecular flexibility index (Phi) is 6.42. The van der Waals surface area contributed by atoms with Crippen molar-refractivity contribution < 1.29 is 4.52 Å². The van der Waals surface area contributed by atoms with Crippen molar-refractivity contribution in [1.29, 1.82) is 0 Å². The molecule has 1 fully saturated rings. The summed E-state index contributed by atoms with van der Waals surface area (Å²) in [5.41, 5.74) is 0.455. The fourth-order valence-corrected chi connectivity index (χ4v) is 3.16. The number of hydrogen-bond acceptors (Lipinski definition) is 4. The molecule has 0 spiro atoms. The summed E-state index contributed by atoms with van der Waals surface area (Å²) >= 11 is 0. The van der Waals surface area contributed by atoms with Crippen LogP contribution in [0.4, 0.5) is 0 Å². The average molecular weight is 321 g/mol. The fraction of sp³-hybridized carbons (Fsp3) is 0.824. The maximum Gasteiger partial charge on any atom is 0.228 e. The lowest BCUT2D eigenvalue weighted by molar-refractivity contribution is 0.283. The first-order chi connectivity index (χ1) is 11.1. The molecule has 0 aliphatic heterocycles. The Hall–Kier alpha value is -1.59. The third kappa shape index (κ3) is 4.94. The molecule has 2 N–H and O–H groups in total. The number of rotatable bonds is 7. The van der Waals surface area contributed by atoms with Crippen LogP contribution in [0.15, 0.2) is 9.52 Å². The zero-order valence-electron chi connectivity index (χ0n) is 15.0. The standard InChI is InChI=1S/C17H31N5O/c1-5-17(9-6-7-10-17)12-20-16(18-4)19-11-8-14-21-15(13(2)3)22-23-14/h13H,5-12H2,1-4H3,(H2,18,19,20). The number of hydrogen-bond donors (Lipinski definition) is 2.